The molecule has 0 spiro atoms. The van der Waals surface area contributed by atoms with E-state index in [0.29, 0.717) is 11.6 Å². The summed E-state index contributed by atoms with van der Waals surface area (Å²) in [6.07, 6.45) is 1.54. The van der Waals surface area contributed by atoms with Crippen LogP contribution < -0.4 is 10.6 Å². The Kier molecular flexibility index (Phi) is 6.51. The highest BCUT2D eigenvalue weighted by atomic mass is 32.1. The van der Waals surface area contributed by atoms with E-state index in [1.165, 1.54) is 16.9 Å². The Morgan fingerprint density at radius 1 is 1.16 bits per heavy atom. The highest BCUT2D eigenvalue weighted by Gasteiger charge is 2.24. The fourth-order valence-electron chi connectivity index (χ4n) is 3.43. The summed E-state index contributed by atoms with van der Waals surface area (Å²) in [6, 6.07) is 15.1. The summed E-state index contributed by atoms with van der Waals surface area (Å²) in [5, 5.41) is 8.89. The van der Waals surface area contributed by atoms with E-state index in [2.05, 4.69) is 20.6 Å². The van der Waals surface area contributed by atoms with Crippen LogP contribution in [0.4, 0.5) is 9.93 Å². The molecule has 32 heavy (non-hydrogen) atoms. The molecule has 0 bridgehead atoms. The predicted molar refractivity (Wildman–Crippen MR) is 127 cm³/mol. The molecule has 0 aliphatic heterocycles. The number of H-pyrrole nitrogens is 1. The van der Waals surface area contributed by atoms with Crippen LogP contribution in [0.25, 0.3) is 22.2 Å². The average molecular weight is 449 g/mol. The number of alkyl carbamates (subject to hydrolysis) is 1. The van der Waals surface area contributed by atoms with Crippen LogP contribution in [0, 0.1) is 6.92 Å². The van der Waals surface area contributed by atoms with Gasteiger partial charge in [0, 0.05) is 34.5 Å². The number of aromatic amines is 1. The number of thiazole rings is 1. The highest BCUT2D eigenvalue weighted by Crippen LogP contribution is 2.26. The smallest absolute Gasteiger partial charge is 0.407 e. The van der Waals surface area contributed by atoms with Gasteiger partial charge in [-0.15, -0.1) is 11.3 Å². The molecule has 7 nitrogen and oxygen atoms in total. The van der Waals surface area contributed by atoms with Crippen LogP contribution in [-0.2, 0) is 16.0 Å². The van der Waals surface area contributed by atoms with Gasteiger partial charge in [0.1, 0.15) is 6.04 Å². The van der Waals surface area contributed by atoms with Crippen molar-refractivity contribution in [3.63, 3.8) is 0 Å². The summed E-state index contributed by atoms with van der Waals surface area (Å²) in [4.78, 5) is 32.9. The zero-order valence-electron chi connectivity index (χ0n) is 17.8. The third-order valence-electron chi connectivity index (χ3n) is 5.06. The Morgan fingerprint density at radius 3 is 2.72 bits per heavy atom. The number of nitrogens with one attached hydrogen (secondary N) is 3. The van der Waals surface area contributed by atoms with Gasteiger partial charge in [-0.2, -0.15) is 0 Å². The molecule has 0 aliphatic rings. The Bertz CT molecular complexity index is 1230. The minimum atomic E-state index is -0.819. The largest absolute Gasteiger partial charge is 0.450 e. The lowest BCUT2D eigenvalue weighted by molar-refractivity contribution is -0.118. The van der Waals surface area contributed by atoms with Gasteiger partial charge in [-0.1, -0.05) is 48.0 Å². The number of fused-ring (bicyclic) bond motifs is 1. The van der Waals surface area contributed by atoms with Crippen molar-refractivity contribution >= 4 is 39.4 Å². The van der Waals surface area contributed by atoms with Crippen LogP contribution in [0.5, 0.6) is 0 Å². The maximum absolute atomic E-state index is 13.1. The van der Waals surface area contributed by atoms with Crippen molar-refractivity contribution in [1.29, 1.82) is 0 Å². The minimum Gasteiger partial charge on any atom is -0.450 e. The molecule has 1 unspecified atom stereocenters. The molecule has 3 N–H and O–H groups in total. The van der Waals surface area contributed by atoms with E-state index in [1.807, 2.05) is 67.0 Å². The van der Waals surface area contributed by atoms with Crippen LogP contribution in [0.2, 0.25) is 0 Å². The van der Waals surface area contributed by atoms with Crippen LogP contribution in [-0.4, -0.2) is 34.6 Å². The first-order valence-corrected chi connectivity index (χ1v) is 11.2. The van der Waals surface area contributed by atoms with Gasteiger partial charge in [0.05, 0.1) is 12.3 Å². The maximum Gasteiger partial charge on any atom is 0.407 e. The lowest BCUT2D eigenvalue weighted by Gasteiger charge is -2.17. The molecule has 0 aliphatic carbocycles. The SMILES string of the molecule is CCOC(=O)NC(Cc1c[nH]c2ccccc12)C(=O)Nc1nc(-c2ccc(C)cc2)cs1. The van der Waals surface area contributed by atoms with Crippen LogP contribution >= 0.6 is 11.3 Å². The lowest BCUT2D eigenvalue weighted by atomic mass is 10.0. The summed E-state index contributed by atoms with van der Waals surface area (Å²) in [6.45, 7) is 3.97. The van der Waals surface area contributed by atoms with E-state index in [0.717, 1.165) is 27.7 Å². The number of carbonyl (C=O) groups is 2. The van der Waals surface area contributed by atoms with Crippen molar-refractivity contribution in [3.05, 3.63) is 71.2 Å². The molecular weight excluding hydrogens is 424 g/mol. The second-order valence-corrected chi connectivity index (χ2v) is 8.23. The number of aryl methyl sites for hydroxylation is 1. The van der Waals surface area contributed by atoms with Gasteiger partial charge in [0.25, 0.3) is 0 Å². The van der Waals surface area contributed by atoms with Crippen molar-refractivity contribution in [3.8, 4) is 11.3 Å². The van der Waals surface area contributed by atoms with Gasteiger partial charge >= 0.3 is 6.09 Å². The van der Waals surface area contributed by atoms with Gasteiger partial charge < -0.3 is 20.4 Å². The Labute approximate surface area is 189 Å². The number of carbonyl (C=O) groups excluding carboxylic acids is 2. The lowest BCUT2D eigenvalue weighted by Crippen LogP contribution is -2.45. The Balaban J connectivity index is 1.52. The summed E-state index contributed by atoms with van der Waals surface area (Å²) in [7, 11) is 0. The normalized spacial score (nSPS) is 11.8. The standard InChI is InChI=1S/C24H24N4O3S/c1-3-31-24(30)27-20(12-17-13-25-19-7-5-4-6-18(17)19)22(29)28-23-26-21(14-32-23)16-10-8-15(2)9-11-16/h4-11,13-14,20,25H,3,12H2,1-2H3,(H,27,30)(H,26,28,29). The quantitative estimate of drug-likeness (QED) is 0.375. The van der Waals surface area contributed by atoms with Crippen molar-refractivity contribution in [1.82, 2.24) is 15.3 Å². The molecule has 0 saturated heterocycles. The topological polar surface area (TPSA) is 96.1 Å². The number of para-hydroxylation sites is 1. The first-order valence-electron chi connectivity index (χ1n) is 10.3. The molecule has 2 heterocycles. The van der Waals surface area contributed by atoms with Gasteiger partial charge in [-0.05, 0) is 25.5 Å². The molecule has 2 aromatic heterocycles. The van der Waals surface area contributed by atoms with Crippen LogP contribution in [0.15, 0.2) is 60.1 Å². The summed E-state index contributed by atoms with van der Waals surface area (Å²) >= 11 is 1.34. The number of hydrogen-bond acceptors (Lipinski definition) is 5. The molecular formula is C24H24N4O3S. The summed E-state index contributed by atoms with van der Waals surface area (Å²) in [5.74, 6) is -0.354. The third kappa shape index (κ3) is 4.97. The summed E-state index contributed by atoms with van der Waals surface area (Å²) < 4.78 is 5.00. The number of hydrogen-bond donors (Lipinski definition) is 3. The average Bonchev–Trinajstić information content (AvgIpc) is 3.41. The molecule has 1 atom stereocenters. The number of aromatic nitrogens is 2. The van der Waals surface area contributed by atoms with Crippen molar-refractivity contribution in [2.24, 2.45) is 0 Å². The molecule has 2 aromatic carbocycles. The van der Waals surface area contributed by atoms with Gasteiger partial charge in [0.2, 0.25) is 5.91 Å². The van der Waals surface area contributed by atoms with Crippen molar-refractivity contribution in [2.75, 3.05) is 11.9 Å². The first kappa shape index (κ1) is 21.6. The van der Waals surface area contributed by atoms with Gasteiger partial charge in [-0.3, -0.25) is 4.79 Å². The van der Waals surface area contributed by atoms with E-state index >= 15 is 0 Å². The zero-order valence-corrected chi connectivity index (χ0v) is 18.7. The van der Waals surface area contributed by atoms with Crippen LogP contribution in [0.3, 0.4) is 0 Å². The van der Waals surface area contributed by atoms with E-state index in [1.54, 1.807) is 6.92 Å². The Morgan fingerprint density at radius 2 is 1.94 bits per heavy atom. The third-order valence-corrected chi connectivity index (χ3v) is 5.82. The maximum atomic E-state index is 13.1. The molecule has 4 rings (SSSR count). The predicted octanol–water partition coefficient (Wildman–Crippen LogP) is 4.90. The second kappa shape index (κ2) is 9.65. The molecule has 164 valence electrons. The van der Waals surface area contributed by atoms with Gasteiger partial charge in [0.15, 0.2) is 5.13 Å². The fraction of sp³-hybridized carbons (Fsp3) is 0.208. The second-order valence-electron chi connectivity index (χ2n) is 7.37. The minimum absolute atomic E-state index is 0.222. The van der Waals surface area contributed by atoms with E-state index in [-0.39, 0.29) is 12.5 Å². The molecule has 2 amide bonds. The number of amides is 2. The Hall–Kier alpha value is -3.65. The van der Waals surface area contributed by atoms with Crippen molar-refractivity contribution in [2.45, 2.75) is 26.3 Å². The number of benzene rings is 2. The van der Waals surface area contributed by atoms with Crippen molar-refractivity contribution < 1.29 is 14.3 Å². The van der Waals surface area contributed by atoms with E-state index in [4.69, 9.17) is 4.74 Å². The number of anilines is 1. The van der Waals surface area contributed by atoms with E-state index < -0.39 is 12.1 Å². The fourth-order valence-corrected chi connectivity index (χ4v) is 4.15. The van der Waals surface area contributed by atoms with Gasteiger partial charge in [-0.25, -0.2) is 9.78 Å². The molecule has 0 saturated carbocycles. The zero-order chi connectivity index (χ0) is 22.5. The molecule has 0 radical (unpaired) electrons. The molecule has 0 fully saturated rings. The highest BCUT2D eigenvalue weighted by molar-refractivity contribution is 7.14. The number of rotatable bonds is 7. The molecule has 8 heteroatoms. The van der Waals surface area contributed by atoms with Crippen LogP contribution in [0.1, 0.15) is 18.1 Å². The molecule has 4 aromatic rings. The van der Waals surface area contributed by atoms with E-state index in [9.17, 15) is 9.59 Å². The summed E-state index contributed by atoms with van der Waals surface area (Å²) in [5.41, 5.74) is 4.84. The number of ether oxygens (including phenoxy) is 1. The monoisotopic (exact) mass is 448 g/mol. The number of nitrogens with zero attached hydrogens (tertiary/aromatic N) is 1. The first-order chi connectivity index (χ1) is 15.5.